The predicted octanol–water partition coefficient (Wildman–Crippen LogP) is 3.39. The maximum atomic E-state index is 4.47. The number of aromatic nitrogens is 2. The molecule has 8 heteroatoms. The maximum Gasteiger partial charge on any atom is 0.191 e. The van der Waals surface area contributed by atoms with Gasteiger partial charge in [-0.2, -0.15) is 0 Å². The van der Waals surface area contributed by atoms with E-state index in [1.54, 1.807) is 29.7 Å². The highest BCUT2D eigenvalue weighted by Crippen LogP contribution is 2.12. The Morgan fingerprint density at radius 1 is 1.30 bits per heavy atom. The Morgan fingerprint density at radius 3 is 2.74 bits per heavy atom. The molecule has 128 valence electrons. The number of nitrogens with zero attached hydrogens (tertiary/aromatic N) is 3. The molecule has 0 saturated heterocycles. The van der Waals surface area contributed by atoms with Gasteiger partial charge in [0.05, 0.1) is 11.6 Å². The SMILES string of the molecule is CCc1cnc(CNC(=NC)NCCCc2nc(C)cs2)s1.I. The van der Waals surface area contributed by atoms with E-state index in [1.807, 2.05) is 13.1 Å². The first-order valence-electron chi connectivity index (χ1n) is 7.50. The van der Waals surface area contributed by atoms with Gasteiger partial charge in [0, 0.05) is 42.2 Å². The molecule has 0 saturated carbocycles. The van der Waals surface area contributed by atoms with E-state index in [4.69, 9.17) is 0 Å². The quantitative estimate of drug-likeness (QED) is 0.285. The standard InChI is InChI=1S/C15H23N5S2.HI/c1-4-12-8-18-14(22-12)9-19-15(16-3)17-7-5-6-13-20-11(2)10-21-13;/h8,10H,4-7,9H2,1-3H3,(H2,16,17,19);1H. The molecule has 0 aliphatic carbocycles. The van der Waals surface area contributed by atoms with Crippen LogP contribution < -0.4 is 10.6 Å². The number of hydrogen-bond donors (Lipinski definition) is 2. The lowest BCUT2D eigenvalue weighted by atomic mass is 10.3. The van der Waals surface area contributed by atoms with Gasteiger partial charge in [0.15, 0.2) is 5.96 Å². The minimum atomic E-state index is 0. The molecule has 0 radical (unpaired) electrons. The summed E-state index contributed by atoms with van der Waals surface area (Å²) in [5.41, 5.74) is 1.11. The van der Waals surface area contributed by atoms with E-state index < -0.39 is 0 Å². The van der Waals surface area contributed by atoms with E-state index in [2.05, 4.69) is 37.9 Å². The van der Waals surface area contributed by atoms with Crippen LogP contribution in [0, 0.1) is 6.92 Å². The van der Waals surface area contributed by atoms with Crippen molar-refractivity contribution in [1.82, 2.24) is 20.6 Å². The highest BCUT2D eigenvalue weighted by Gasteiger charge is 2.03. The van der Waals surface area contributed by atoms with Crippen LogP contribution in [0.2, 0.25) is 0 Å². The summed E-state index contributed by atoms with van der Waals surface area (Å²) in [7, 11) is 1.79. The molecular formula is C15H24IN5S2. The average Bonchev–Trinajstić information content (AvgIpc) is 3.15. The minimum Gasteiger partial charge on any atom is -0.356 e. The number of aryl methyl sites for hydroxylation is 3. The fraction of sp³-hybridized carbons (Fsp3) is 0.533. The van der Waals surface area contributed by atoms with Crippen LogP contribution in [0.1, 0.15) is 33.9 Å². The van der Waals surface area contributed by atoms with Crippen molar-refractivity contribution >= 4 is 52.6 Å². The lowest BCUT2D eigenvalue weighted by Crippen LogP contribution is -2.37. The lowest BCUT2D eigenvalue weighted by molar-refractivity contribution is 0.738. The Balaban J connectivity index is 0.00000264. The van der Waals surface area contributed by atoms with Crippen molar-refractivity contribution < 1.29 is 0 Å². The largest absolute Gasteiger partial charge is 0.356 e. The zero-order valence-electron chi connectivity index (χ0n) is 13.8. The van der Waals surface area contributed by atoms with Crippen LogP contribution in [0.4, 0.5) is 0 Å². The van der Waals surface area contributed by atoms with Crippen LogP contribution in [0.15, 0.2) is 16.6 Å². The van der Waals surface area contributed by atoms with Gasteiger partial charge in [-0.3, -0.25) is 4.99 Å². The number of guanidine groups is 1. The molecule has 2 heterocycles. The molecule has 2 aromatic heterocycles. The van der Waals surface area contributed by atoms with E-state index in [0.29, 0.717) is 0 Å². The number of halogens is 1. The number of thiazole rings is 2. The summed E-state index contributed by atoms with van der Waals surface area (Å²) in [6, 6.07) is 0. The second-order valence-corrected chi connectivity index (χ2v) is 7.05. The molecule has 5 nitrogen and oxygen atoms in total. The molecule has 0 aromatic carbocycles. The van der Waals surface area contributed by atoms with Gasteiger partial charge in [0.25, 0.3) is 0 Å². The van der Waals surface area contributed by atoms with Crippen molar-refractivity contribution in [3.8, 4) is 0 Å². The van der Waals surface area contributed by atoms with Crippen molar-refractivity contribution in [2.45, 2.75) is 39.7 Å². The van der Waals surface area contributed by atoms with Gasteiger partial charge < -0.3 is 10.6 Å². The van der Waals surface area contributed by atoms with E-state index in [1.165, 1.54) is 9.88 Å². The van der Waals surface area contributed by atoms with Crippen LogP contribution >= 0.6 is 46.7 Å². The molecule has 0 spiro atoms. The van der Waals surface area contributed by atoms with Crippen molar-refractivity contribution in [1.29, 1.82) is 0 Å². The van der Waals surface area contributed by atoms with Crippen molar-refractivity contribution in [3.05, 3.63) is 32.2 Å². The third kappa shape index (κ3) is 7.13. The van der Waals surface area contributed by atoms with Crippen LogP contribution in [0.5, 0.6) is 0 Å². The molecule has 0 aliphatic rings. The number of aliphatic imine (C=N–C) groups is 1. The smallest absolute Gasteiger partial charge is 0.191 e. The Morgan fingerprint density at radius 2 is 2.13 bits per heavy atom. The van der Waals surface area contributed by atoms with Crippen LogP contribution in [-0.4, -0.2) is 29.5 Å². The molecule has 0 atom stereocenters. The monoisotopic (exact) mass is 465 g/mol. The van der Waals surface area contributed by atoms with E-state index in [9.17, 15) is 0 Å². The molecule has 2 aromatic rings. The summed E-state index contributed by atoms with van der Waals surface area (Å²) < 4.78 is 0. The summed E-state index contributed by atoms with van der Waals surface area (Å²) in [5.74, 6) is 0.823. The molecule has 0 aliphatic heterocycles. The first-order chi connectivity index (χ1) is 10.7. The van der Waals surface area contributed by atoms with Crippen LogP contribution in [0.25, 0.3) is 0 Å². The fourth-order valence-corrected chi connectivity index (χ4v) is 3.56. The van der Waals surface area contributed by atoms with Gasteiger partial charge in [-0.25, -0.2) is 9.97 Å². The summed E-state index contributed by atoms with van der Waals surface area (Å²) in [5, 5.41) is 11.0. The highest BCUT2D eigenvalue weighted by molar-refractivity contribution is 14.0. The number of hydrogen-bond acceptors (Lipinski definition) is 5. The van der Waals surface area contributed by atoms with E-state index in [-0.39, 0.29) is 24.0 Å². The third-order valence-electron chi connectivity index (χ3n) is 3.11. The van der Waals surface area contributed by atoms with Gasteiger partial charge >= 0.3 is 0 Å². The first-order valence-corrected chi connectivity index (χ1v) is 9.20. The minimum absolute atomic E-state index is 0. The Hall–Kier alpha value is -0.740. The first kappa shape index (κ1) is 20.3. The third-order valence-corrected chi connectivity index (χ3v) is 5.28. The summed E-state index contributed by atoms with van der Waals surface area (Å²) in [6.07, 6.45) is 5.05. The molecule has 0 amide bonds. The van der Waals surface area contributed by atoms with Gasteiger partial charge in [-0.05, 0) is 19.8 Å². The van der Waals surface area contributed by atoms with Gasteiger partial charge in [0.1, 0.15) is 5.01 Å². The zero-order chi connectivity index (χ0) is 15.8. The second-order valence-electron chi connectivity index (χ2n) is 4.91. The zero-order valence-corrected chi connectivity index (χ0v) is 17.7. The average molecular weight is 465 g/mol. The maximum absolute atomic E-state index is 4.47. The topological polar surface area (TPSA) is 62.2 Å². The molecular weight excluding hydrogens is 441 g/mol. The number of nitrogens with one attached hydrogen (secondary N) is 2. The highest BCUT2D eigenvalue weighted by atomic mass is 127. The van der Waals surface area contributed by atoms with E-state index in [0.717, 1.165) is 49.0 Å². The molecule has 2 rings (SSSR count). The Bertz CT molecular complexity index is 609. The van der Waals surface area contributed by atoms with Crippen LogP contribution in [-0.2, 0) is 19.4 Å². The van der Waals surface area contributed by atoms with Gasteiger partial charge in [-0.1, -0.05) is 6.92 Å². The Labute approximate surface area is 163 Å². The van der Waals surface area contributed by atoms with Crippen molar-refractivity contribution in [3.63, 3.8) is 0 Å². The second kappa shape index (κ2) is 10.9. The number of rotatable bonds is 7. The summed E-state index contributed by atoms with van der Waals surface area (Å²) in [4.78, 5) is 14.4. The van der Waals surface area contributed by atoms with Crippen molar-refractivity contribution in [2.75, 3.05) is 13.6 Å². The van der Waals surface area contributed by atoms with Gasteiger partial charge in [0.2, 0.25) is 0 Å². The fourth-order valence-electron chi connectivity index (χ4n) is 1.94. The van der Waals surface area contributed by atoms with Gasteiger partial charge in [-0.15, -0.1) is 46.7 Å². The lowest BCUT2D eigenvalue weighted by Gasteiger charge is -2.10. The molecule has 23 heavy (non-hydrogen) atoms. The Kier molecular flexibility index (Phi) is 9.65. The van der Waals surface area contributed by atoms with E-state index >= 15 is 0 Å². The van der Waals surface area contributed by atoms with Crippen LogP contribution in [0.3, 0.4) is 0 Å². The molecule has 0 bridgehead atoms. The molecule has 0 unspecified atom stereocenters. The summed E-state index contributed by atoms with van der Waals surface area (Å²) >= 11 is 3.48. The molecule has 2 N–H and O–H groups in total. The normalized spacial score (nSPS) is 11.2. The van der Waals surface area contributed by atoms with Crippen molar-refractivity contribution in [2.24, 2.45) is 4.99 Å². The predicted molar refractivity (Wildman–Crippen MR) is 110 cm³/mol. The molecule has 0 fully saturated rings. The summed E-state index contributed by atoms with van der Waals surface area (Å²) in [6.45, 7) is 5.79.